The molecule has 0 spiro atoms. The van der Waals surface area contributed by atoms with Gasteiger partial charge in [-0.15, -0.1) is 0 Å². The molecule has 0 aliphatic rings. The van der Waals surface area contributed by atoms with Gasteiger partial charge < -0.3 is 20.4 Å². The van der Waals surface area contributed by atoms with Crippen molar-refractivity contribution in [2.24, 2.45) is 7.05 Å². The molecule has 0 saturated heterocycles. The highest BCUT2D eigenvalue weighted by Gasteiger charge is 2.07. The van der Waals surface area contributed by atoms with E-state index in [1.165, 1.54) is 0 Å². The van der Waals surface area contributed by atoms with Gasteiger partial charge in [0.15, 0.2) is 5.16 Å². The number of carbonyl (C=O) groups excluding carboxylic acids is 1. The Labute approximate surface area is 127 Å². The molecule has 1 aromatic heterocycles. The Kier molecular flexibility index (Phi) is 5.10. The number of benzene rings is 1. The zero-order chi connectivity index (χ0) is 15.2. The van der Waals surface area contributed by atoms with E-state index in [4.69, 9.17) is 10.5 Å². The molecule has 1 aromatic carbocycles. The zero-order valence-electron chi connectivity index (χ0n) is 12.0. The van der Waals surface area contributed by atoms with Crippen LogP contribution in [0.1, 0.15) is 6.42 Å². The third-order valence-electron chi connectivity index (χ3n) is 2.87. The van der Waals surface area contributed by atoms with Crippen LogP contribution in [0.15, 0.2) is 35.7 Å². The SMILES string of the molecule is COc1ccc(NC(=O)CCSc2nccn2C)c(N)c1. The lowest BCUT2D eigenvalue weighted by Crippen LogP contribution is -2.13. The fourth-order valence-corrected chi connectivity index (χ4v) is 2.59. The van der Waals surface area contributed by atoms with Gasteiger partial charge in [-0.3, -0.25) is 4.79 Å². The second kappa shape index (κ2) is 7.03. The largest absolute Gasteiger partial charge is 0.497 e. The summed E-state index contributed by atoms with van der Waals surface area (Å²) in [6, 6.07) is 5.17. The maximum absolute atomic E-state index is 11.9. The number of carbonyl (C=O) groups is 1. The lowest BCUT2D eigenvalue weighted by Gasteiger charge is -2.09. The van der Waals surface area contributed by atoms with Crippen LogP contribution in [-0.4, -0.2) is 28.3 Å². The maximum atomic E-state index is 11.9. The van der Waals surface area contributed by atoms with Gasteiger partial charge in [0.05, 0.1) is 18.5 Å². The Morgan fingerprint density at radius 1 is 1.52 bits per heavy atom. The van der Waals surface area contributed by atoms with Crippen molar-refractivity contribution >= 4 is 29.0 Å². The molecule has 1 heterocycles. The van der Waals surface area contributed by atoms with Crippen LogP contribution in [-0.2, 0) is 11.8 Å². The number of thioether (sulfide) groups is 1. The lowest BCUT2D eigenvalue weighted by molar-refractivity contribution is -0.115. The van der Waals surface area contributed by atoms with Crippen molar-refractivity contribution in [3.63, 3.8) is 0 Å². The summed E-state index contributed by atoms with van der Waals surface area (Å²) < 4.78 is 6.99. The number of nitrogen functional groups attached to an aromatic ring is 1. The number of ether oxygens (including phenoxy) is 1. The number of hydrogen-bond donors (Lipinski definition) is 2. The summed E-state index contributed by atoms with van der Waals surface area (Å²) in [6.45, 7) is 0. The number of nitrogens with zero attached hydrogens (tertiary/aromatic N) is 2. The van der Waals surface area contributed by atoms with E-state index in [1.54, 1.807) is 43.3 Å². The Morgan fingerprint density at radius 2 is 2.33 bits per heavy atom. The number of anilines is 2. The number of methoxy groups -OCH3 is 1. The molecule has 0 atom stereocenters. The summed E-state index contributed by atoms with van der Waals surface area (Å²) in [5, 5.41) is 3.69. The van der Waals surface area contributed by atoms with E-state index in [1.807, 2.05) is 17.8 Å². The molecule has 0 aliphatic heterocycles. The van der Waals surface area contributed by atoms with E-state index < -0.39 is 0 Å². The first kappa shape index (κ1) is 15.2. The molecule has 2 aromatic rings. The number of aryl methyl sites for hydroxylation is 1. The Morgan fingerprint density at radius 3 is 2.95 bits per heavy atom. The first-order valence-electron chi connectivity index (χ1n) is 6.43. The first-order chi connectivity index (χ1) is 10.1. The fourth-order valence-electron chi connectivity index (χ4n) is 1.72. The first-order valence-corrected chi connectivity index (χ1v) is 7.42. The number of imidazole rings is 1. The van der Waals surface area contributed by atoms with Gasteiger partial charge in [0.2, 0.25) is 5.91 Å². The fraction of sp³-hybridized carbons (Fsp3) is 0.286. The molecule has 7 heteroatoms. The van der Waals surface area contributed by atoms with Crippen molar-refractivity contribution < 1.29 is 9.53 Å². The Bertz CT molecular complexity index is 627. The van der Waals surface area contributed by atoms with Crippen LogP contribution < -0.4 is 15.8 Å². The molecular weight excluding hydrogens is 288 g/mol. The molecule has 3 N–H and O–H groups in total. The summed E-state index contributed by atoms with van der Waals surface area (Å²) in [6.07, 6.45) is 4.00. The Balaban J connectivity index is 1.83. The summed E-state index contributed by atoms with van der Waals surface area (Å²) in [5.74, 6) is 1.25. The van der Waals surface area contributed by atoms with Crippen molar-refractivity contribution in [2.75, 3.05) is 23.9 Å². The zero-order valence-corrected chi connectivity index (χ0v) is 12.8. The summed E-state index contributed by atoms with van der Waals surface area (Å²) in [4.78, 5) is 16.1. The van der Waals surface area contributed by atoms with Crippen LogP contribution in [0.3, 0.4) is 0 Å². The van der Waals surface area contributed by atoms with Crippen molar-refractivity contribution in [3.8, 4) is 5.75 Å². The topological polar surface area (TPSA) is 82.2 Å². The van der Waals surface area contributed by atoms with Gasteiger partial charge in [0, 0.05) is 37.7 Å². The number of nitrogens with one attached hydrogen (secondary N) is 1. The quantitative estimate of drug-likeness (QED) is 0.631. The predicted molar refractivity (Wildman–Crippen MR) is 84.6 cm³/mol. The minimum absolute atomic E-state index is 0.0754. The molecule has 6 nitrogen and oxygen atoms in total. The van der Waals surface area contributed by atoms with Gasteiger partial charge in [0.1, 0.15) is 5.75 Å². The number of amides is 1. The molecule has 112 valence electrons. The van der Waals surface area contributed by atoms with Gasteiger partial charge >= 0.3 is 0 Å². The molecule has 0 aliphatic carbocycles. The summed E-state index contributed by atoms with van der Waals surface area (Å²) in [5.41, 5.74) is 6.94. The molecule has 0 saturated carbocycles. The van der Waals surface area contributed by atoms with Gasteiger partial charge in [-0.1, -0.05) is 11.8 Å². The van der Waals surface area contributed by atoms with E-state index >= 15 is 0 Å². The number of aromatic nitrogens is 2. The molecule has 0 bridgehead atoms. The number of hydrogen-bond acceptors (Lipinski definition) is 5. The summed E-state index contributed by atoms with van der Waals surface area (Å²) >= 11 is 1.54. The monoisotopic (exact) mass is 306 g/mol. The van der Waals surface area contributed by atoms with Crippen molar-refractivity contribution in [1.82, 2.24) is 9.55 Å². The van der Waals surface area contributed by atoms with Gasteiger partial charge in [-0.25, -0.2) is 4.98 Å². The molecule has 0 unspecified atom stereocenters. The molecular formula is C14H18N4O2S. The highest BCUT2D eigenvalue weighted by Crippen LogP contribution is 2.24. The van der Waals surface area contributed by atoms with E-state index in [0.717, 1.165) is 5.16 Å². The Hall–Kier alpha value is -2.15. The number of nitrogens with two attached hydrogens (primary N) is 1. The van der Waals surface area contributed by atoms with Crippen LogP contribution >= 0.6 is 11.8 Å². The van der Waals surface area contributed by atoms with E-state index in [2.05, 4.69) is 10.3 Å². The highest BCUT2D eigenvalue weighted by molar-refractivity contribution is 7.99. The second-order valence-electron chi connectivity index (χ2n) is 4.42. The summed E-state index contributed by atoms with van der Waals surface area (Å²) in [7, 11) is 3.50. The molecule has 0 radical (unpaired) electrons. The third-order valence-corrected chi connectivity index (χ3v) is 3.93. The predicted octanol–water partition coefficient (Wildman–Crippen LogP) is 2.13. The molecule has 1 amide bonds. The van der Waals surface area contributed by atoms with Crippen LogP contribution in [0.4, 0.5) is 11.4 Å². The molecule has 21 heavy (non-hydrogen) atoms. The molecule has 0 fully saturated rings. The molecule has 2 rings (SSSR count). The average Bonchev–Trinajstić information content (AvgIpc) is 2.87. The second-order valence-corrected chi connectivity index (χ2v) is 5.48. The van der Waals surface area contributed by atoms with Crippen LogP contribution in [0.2, 0.25) is 0 Å². The smallest absolute Gasteiger partial charge is 0.225 e. The van der Waals surface area contributed by atoms with Crippen LogP contribution in [0.25, 0.3) is 0 Å². The number of rotatable bonds is 6. The van der Waals surface area contributed by atoms with Crippen molar-refractivity contribution in [3.05, 3.63) is 30.6 Å². The normalized spacial score (nSPS) is 10.4. The van der Waals surface area contributed by atoms with E-state index in [-0.39, 0.29) is 5.91 Å². The highest BCUT2D eigenvalue weighted by atomic mass is 32.2. The minimum Gasteiger partial charge on any atom is -0.497 e. The standard InChI is InChI=1S/C14H18N4O2S/c1-18-7-6-16-14(18)21-8-5-13(19)17-12-4-3-10(20-2)9-11(12)15/h3-4,6-7,9H,5,8,15H2,1-2H3,(H,17,19). The van der Waals surface area contributed by atoms with Crippen molar-refractivity contribution in [1.29, 1.82) is 0 Å². The lowest BCUT2D eigenvalue weighted by atomic mass is 10.2. The minimum atomic E-state index is -0.0754. The van der Waals surface area contributed by atoms with Gasteiger partial charge in [0.25, 0.3) is 0 Å². The van der Waals surface area contributed by atoms with E-state index in [9.17, 15) is 4.79 Å². The van der Waals surface area contributed by atoms with Crippen LogP contribution in [0, 0.1) is 0 Å². The third kappa shape index (κ3) is 4.16. The van der Waals surface area contributed by atoms with E-state index in [0.29, 0.717) is 29.3 Å². The van der Waals surface area contributed by atoms with Gasteiger partial charge in [-0.05, 0) is 12.1 Å². The maximum Gasteiger partial charge on any atom is 0.225 e. The van der Waals surface area contributed by atoms with Crippen molar-refractivity contribution in [2.45, 2.75) is 11.6 Å². The average molecular weight is 306 g/mol. The van der Waals surface area contributed by atoms with Gasteiger partial charge in [-0.2, -0.15) is 0 Å². The van der Waals surface area contributed by atoms with Crippen LogP contribution in [0.5, 0.6) is 5.75 Å².